The first-order chi connectivity index (χ1) is 16.4. The molecule has 0 aromatic heterocycles. The van der Waals surface area contributed by atoms with E-state index in [1.165, 1.54) is 42.4 Å². The van der Waals surface area contributed by atoms with E-state index in [4.69, 9.17) is 0 Å². The monoisotopic (exact) mass is 478 g/mol. The first-order valence-corrected chi connectivity index (χ1v) is 12.8. The summed E-state index contributed by atoms with van der Waals surface area (Å²) < 4.78 is 25.9. The van der Waals surface area contributed by atoms with Gasteiger partial charge >= 0.3 is 0 Å². The van der Waals surface area contributed by atoms with E-state index in [2.05, 4.69) is 50.2 Å². The highest BCUT2D eigenvalue weighted by molar-refractivity contribution is 7.89. The molecule has 0 aliphatic carbocycles. The molecule has 0 spiro atoms. The highest BCUT2D eigenvalue weighted by atomic mass is 32.2. The van der Waals surface area contributed by atoms with Gasteiger partial charge in [0.15, 0.2) is 0 Å². The molecule has 1 amide bonds. The third kappa shape index (κ3) is 6.30. The largest absolute Gasteiger partial charge is 0.322 e. The van der Waals surface area contributed by atoms with Crippen LogP contribution in [0.1, 0.15) is 21.5 Å². The van der Waals surface area contributed by atoms with Crippen LogP contribution in [0.5, 0.6) is 0 Å². The van der Waals surface area contributed by atoms with Crippen LogP contribution in [-0.4, -0.2) is 57.4 Å². The molecule has 7 nitrogen and oxygen atoms in total. The second kappa shape index (κ2) is 10.9. The van der Waals surface area contributed by atoms with Crippen LogP contribution >= 0.6 is 0 Å². The Bertz CT molecular complexity index is 1190. The Morgan fingerprint density at radius 3 is 1.82 bits per heavy atom. The number of piperazine rings is 1. The predicted octanol–water partition coefficient (Wildman–Crippen LogP) is 3.16. The summed E-state index contributed by atoms with van der Waals surface area (Å²) in [5, 5.41) is 2.87. The van der Waals surface area contributed by atoms with Gasteiger partial charge in [0.25, 0.3) is 5.91 Å². The molecule has 0 radical (unpaired) electrons. The van der Waals surface area contributed by atoms with Gasteiger partial charge in [0.1, 0.15) is 0 Å². The van der Waals surface area contributed by atoms with Crippen LogP contribution in [0, 0.1) is 0 Å². The van der Waals surface area contributed by atoms with Crippen molar-refractivity contribution in [1.29, 1.82) is 0 Å². The summed E-state index contributed by atoms with van der Waals surface area (Å²) in [7, 11) is -2.17. The molecule has 0 atom stereocenters. The van der Waals surface area contributed by atoms with E-state index >= 15 is 0 Å². The van der Waals surface area contributed by atoms with Gasteiger partial charge in [-0.05, 0) is 54.6 Å². The minimum atomic E-state index is -3.52. The van der Waals surface area contributed by atoms with Gasteiger partial charge in [-0.2, -0.15) is 0 Å². The maximum atomic E-state index is 12.5. The quantitative estimate of drug-likeness (QED) is 0.520. The number of rotatable bonds is 8. The molecule has 0 bridgehead atoms. The van der Waals surface area contributed by atoms with Crippen molar-refractivity contribution in [3.63, 3.8) is 0 Å². The summed E-state index contributed by atoms with van der Waals surface area (Å²) >= 11 is 0. The molecule has 1 aliphatic rings. The number of nitrogens with zero attached hydrogens (tertiary/aromatic N) is 2. The molecule has 1 heterocycles. The van der Waals surface area contributed by atoms with Crippen molar-refractivity contribution >= 4 is 21.6 Å². The molecule has 3 aromatic carbocycles. The summed E-state index contributed by atoms with van der Waals surface area (Å²) in [6.45, 7) is 6.05. The molecule has 0 unspecified atom stereocenters. The molecule has 1 saturated heterocycles. The lowest BCUT2D eigenvalue weighted by Gasteiger charge is -2.34. The maximum Gasteiger partial charge on any atom is 0.255 e. The second-order valence-electron chi connectivity index (χ2n) is 8.42. The number of hydrogen-bond donors (Lipinski definition) is 2. The molecular weight excluding hydrogens is 448 g/mol. The van der Waals surface area contributed by atoms with Gasteiger partial charge in [0, 0.05) is 50.5 Å². The van der Waals surface area contributed by atoms with Crippen LogP contribution in [0.15, 0.2) is 83.8 Å². The normalized spacial score (nSPS) is 15.2. The van der Waals surface area contributed by atoms with Crippen molar-refractivity contribution < 1.29 is 13.2 Å². The Kier molecular flexibility index (Phi) is 7.74. The third-order valence-electron chi connectivity index (χ3n) is 6.03. The predicted molar refractivity (Wildman–Crippen MR) is 134 cm³/mol. The topological polar surface area (TPSA) is 81.7 Å². The van der Waals surface area contributed by atoms with Crippen LogP contribution < -0.4 is 10.0 Å². The number of anilines is 1. The number of benzene rings is 3. The summed E-state index contributed by atoms with van der Waals surface area (Å²) in [6, 6.07) is 24.3. The standard InChI is InChI=1S/C26H30N4O3S/c1-27-34(32,33)25-13-9-23(10-14-25)26(31)28-24-11-7-22(8-12-24)20-30-17-15-29(16-18-30)19-21-5-3-2-4-6-21/h2-14,27H,15-20H2,1H3,(H,28,31). The van der Waals surface area contributed by atoms with Gasteiger partial charge in [-0.15, -0.1) is 0 Å². The first kappa shape index (κ1) is 24.1. The Hall–Kier alpha value is -3.04. The minimum Gasteiger partial charge on any atom is -0.322 e. The fraction of sp³-hybridized carbons (Fsp3) is 0.269. The van der Waals surface area contributed by atoms with E-state index in [0.29, 0.717) is 11.3 Å². The lowest BCUT2D eigenvalue weighted by molar-refractivity contribution is 0.102. The maximum absolute atomic E-state index is 12.5. The number of sulfonamides is 1. The fourth-order valence-corrected chi connectivity index (χ4v) is 4.74. The highest BCUT2D eigenvalue weighted by Gasteiger charge is 2.17. The van der Waals surface area contributed by atoms with Crippen molar-refractivity contribution in [2.75, 3.05) is 38.5 Å². The van der Waals surface area contributed by atoms with Crippen LogP contribution in [0.25, 0.3) is 0 Å². The van der Waals surface area contributed by atoms with Crippen LogP contribution in [0.3, 0.4) is 0 Å². The van der Waals surface area contributed by atoms with E-state index in [9.17, 15) is 13.2 Å². The van der Waals surface area contributed by atoms with Crippen molar-refractivity contribution in [2.24, 2.45) is 0 Å². The number of carbonyl (C=O) groups excluding carboxylic acids is 1. The SMILES string of the molecule is CNS(=O)(=O)c1ccc(C(=O)Nc2ccc(CN3CCN(Cc4ccccc4)CC3)cc2)cc1. The summed E-state index contributed by atoms with van der Waals surface area (Å²) in [6.07, 6.45) is 0. The molecule has 1 aliphatic heterocycles. The molecule has 178 valence electrons. The van der Waals surface area contributed by atoms with Crippen molar-refractivity contribution in [3.8, 4) is 0 Å². The van der Waals surface area contributed by atoms with E-state index in [1.807, 2.05) is 24.3 Å². The van der Waals surface area contributed by atoms with Gasteiger partial charge in [-0.1, -0.05) is 42.5 Å². The Morgan fingerprint density at radius 1 is 0.765 bits per heavy atom. The molecule has 1 fully saturated rings. The molecular formula is C26H30N4O3S. The molecule has 34 heavy (non-hydrogen) atoms. The van der Waals surface area contributed by atoms with Gasteiger partial charge in [0.2, 0.25) is 10.0 Å². The fourth-order valence-electron chi connectivity index (χ4n) is 4.01. The van der Waals surface area contributed by atoms with Crippen LogP contribution in [-0.2, 0) is 23.1 Å². The molecule has 0 saturated carbocycles. The highest BCUT2D eigenvalue weighted by Crippen LogP contribution is 2.16. The van der Waals surface area contributed by atoms with Crippen molar-refractivity contribution in [2.45, 2.75) is 18.0 Å². The average Bonchev–Trinajstić information content (AvgIpc) is 2.87. The lowest BCUT2D eigenvalue weighted by atomic mass is 10.1. The minimum absolute atomic E-state index is 0.122. The number of amides is 1. The molecule has 4 rings (SSSR count). The Morgan fingerprint density at radius 2 is 1.29 bits per heavy atom. The number of carbonyl (C=O) groups is 1. The lowest BCUT2D eigenvalue weighted by Crippen LogP contribution is -2.45. The summed E-state index contributed by atoms with van der Waals surface area (Å²) in [5.41, 5.74) is 3.66. The smallest absolute Gasteiger partial charge is 0.255 e. The Labute approximate surface area is 201 Å². The van der Waals surface area contributed by atoms with Gasteiger partial charge in [-0.3, -0.25) is 14.6 Å². The van der Waals surface area contributed by atoms with Crippen LogP contribution in [0.4, 0.5) is 5.69 Å². The van der Waals surface area contributed by atoms with Gasteiger partial charge in [-0.25, -0.2) is 13.1 Å². The number of hydrogen-bond acceptors (Lipinski definition) is 5. The molecule has 8 heteroatoms. The zero-order chi connectivity index (χ0) is 24.0. The van der Waals surface area contributed by atoms with E-state index in [0.717, 1.165) is 39.3 Å². The first-order valence-electron chi connectivity index (χ1n) is 11.4. The Balaban J connectivity index is 1.26. The van der Waals surface area contributed by atoms with E-state index < -0.39 is 10.0 Å². The van der Waals surface area contributed by atoms with Crippen molar-refractivity contribution in [1.82, 2.24) is 14.5 Å². The zero-order valence-corrected chi connectivity index (χ0v) is 20.1. The van der Waals surface area contributed by atoms with Crippen molar-refractivity contribution in [3.05, 3.63) is 95.6 Å². The summed E-state index contributed by atoms with van der Waals surface area (Å²) in [5.74, 6) is -0.282. The van der Waals surface area contributed by atoms with E-state index in [1.54, 1.807) is 0 Å². The third-order valence-corrected chi connectivity index (χ3v) is 7.46. The number of nitrogens with one attached hydrogen (secondary N) is 2. The van der Waals surface area contributed by atoms with Crippen LogP contribution in [0.2, 0.25) is 0 Å². The second-order valence-corrected chi connectivity index (χ2v) is 10.3. The molecule has 2 N–H and O–H groups in total. The van der Waals surface area contributed by atoms with Gasteiger partial charge in [0.05, 0.1) is 4.90 Å². The molecule has 3 aromatic rings. The average molecular weight is 479 g/mol. The summed E-state index contributed by atoms with van der Waals surface area (Å²) in [4.78, 5) is 17.6. The van der Waals surface area contributed by atoms with E-state index in [-0.39, 0.29) is 10.8 Å². The zero-order valence-electron chi connectivity index (χ0n) is 19.3. The van der Waals surface area contributed by atoms with Gasteiger partial charge < -0.3 is 5.32 Å².